The van der Waals surface area contributed by atoms with Crippen LogP contribution in [0, 0.1) is 6.92 Å². The van der Waals surface area contributed by atoms with Gasteiger partial charge in [0.2, 0.25) is 0 Å². The van der Waals surface area contributed by atoms with Gasteiger partial charge in [0.1, 0.15) is 5.58 Å². The van der Waals surface area contributed by atoms with Gasteiger partial charge in [0.05, 0.1) is 11.8 Å². The number of furan rings is 1. The summed E-state index contributed by atoms with van der Waals surface area (Å²) in [6.45, 7) is 8.56. The van der Waals surface area contributed by atoms with E-state index in [1.54, 1.807) is 6.26 Å². The zero-order valence-electron chi connectivity index (χ0n) is 16.7. The predicted octanol–water partition coefficient (Wildman–Crippen LogP) is 6.94. The molecule has 3 aromatic carbocycles. The fourth-order valence-electron chi connectivity index (χ4n) is 3.81. The summed E-state index contributed by atoms with van der Waals surface area (Å²) in [5.41, 5.74) is 6.06. The monoisotopic (exact) mass is 368 g/mol. The van der Waals surface area contributed by atoms with E-state index in [1.165, 1.54) is 0 Å². The van der Waals surface area contributed by atoms with Crippen molar-refractivity contribution in [1.29, 1.82) is 0 Å². The second kappa shape index (κ2) is 6.79. The summed E-state index contributed by atoms with van der Waals surface area (Å²) < 4.78 is 6.05. The molecule has 2 nitrogen and oxygen atoms in total. The molecule has 0 spiro atoms. The van der Waals surface area contributed by atoms with Crippen molar-refractivity contribution in [3.63, 3.8) is 0 Å². The lowest BCUT2D eigenvalue weighted by atomic mass is 9.83. The van der Waals surface area contributed by atoms with Crippen LogP contribution in [0.25, 0.3) is 22.1 Å². The molecular formula is C26H24O2. The van der Waals surface area contributed by atoms with Gasteiger partial charge in [-0.25, -0.2) is 0 Å². The fraction of sp³-hybridized carbons (Fsp3) is 0.192. The van der Waals surface area contributed by atoms with E-state index in [4.69, 9.17) is 4.42 Å². The average molecular weight is 368 g/mol. The minimum absolute atomic E-state index is 0.0111. The molecule has 2 heteroatoms. The Morgan fingerprint density at radius 3 is 2.11 bits per heavy atom. The van der Waals surface area contributed by atoms with Gasteiger partial charge in [0, 0.05) is 16.5 Å². The van der Waals surface area contributed by atoms with E-state index in [1.807, 2.05) is 60.7 Å². The van der Waals surface area contributed by atoms with Crippen LogP contribution < -0.4 is 0 Å². The van der Waals surface area contributed by atoms with Gasteiger partial charge in [-0.15, -0.1) is 0 Å². The number of rotatable bonds is 3. The maximum absolute atomic E-state index is 13.6. The van der Waals surface area contributed by atoms with Crippen molar-refractivity contribution in [2.24, 2.45) is 0 Å². The highest BCUT2D eigenvalue weighted by atomic mass is 16.3. The summed E-state index contributed by atoms with van der Waals surface area (Å²) in [5, 5.41) is 1.02. The Hall–Kier alpha value is -3.13. The first-order valence-electron chi connectivity index (χ1n) is 9.58. The van der Waals surface area contributed by atoms with E-state index in [-0.39, 0.29) is 11.2 Å². The molecule has 0 fully saturated rings. The fourth-order valence-corrected chi connectivity index (χ4v) is 3.81. The van der Waals surface area contributed by atoms with Gasteiger partial charge in [-0.2, -0.15) is 0 Å². The van der Waals surface area contributed by atoms with Gasteiger partial charge in [0.25, 0.3) is 0 Å². The number of ketones is 1. The van der Waals surface area contributed by atoms with E-state index in [0.717, 1.165) is 27.6 Å². The molecule has 1 aromatic heterocycles. The molecule has 0 atom stereocenters. The highest BCUT2D eigenvalue weighted by Gasteiger charge is 2.27. The lowest BCUT2D eigenvalue weighted by Gasteiger charge is -2.18. The van der Waals surface area contributed by atoms with Gasteiger partial charge in [-0.05, 0) is 35.1 Å². The molecule has 0 aliphatic rings. The minimum atomic E-state index is -0.0704. The Kier molecular flexibility index (Phi) is 4.43. The minimum Gasteiger partial charge on any atom is -0.463 e. The van der Waals surface area contributed by atoms with E-state index < -0.39 is 0 Å². The van der Waals surface area contributed by atoms with E-state index >= 15 is 0 Å². The van der Waals surface area contributed by atoms with Gasteiger partial charge >= 0.3 is 0 Å². The summed E-state index contributed by atoms with van der Waals surface area (Å²) in [4.78, 5) is 13.6. The molecule has 28 heavy (non-hydrogen) atoms. The van der Waals surface area contributed by atoms with Crippen molar-refractivity contribution in [1.82, 2.24) is 0 Å². The number of carbonyl (C=O) groups is 1. The summed E-state index contributed by atoms with van der Waals surface area (Å²) in [6, 6.07) is 21.7. The SMILES string of the molecule is Cc1cc2c(C(C)(C)C)coc2c(C(=O)c2ccccc2)c1-c1ccccc1. The second-order valence-corrected chi connectivity index (χ2v) is 8.28. The molecule has 0 bridgehead atoms. The standard InChI is InChI=1S/C26H24O2/c1-17-15-20-21(26(2,3)4)16-28-25(20)23(22(17)18-11-7-5-8-12-18)24(27)19-13-9-6-10-14-19/h5-16H,1-4H3. The second-order valence-electron chi connectivity index (χ2n) is 8.28. The molecular weight excluding hydrogens is 344 g/mol. The third kappa shape index (κ3) is 3.05. The first kappa shape index (κ1) is 18.2. The van der Waals surface area contributed by atoms with Crippen molar-refractivity contribution in [2.45, 2.75) is 33.1 Å². The lowest BCUT2D eigenvalue weighted by molar-refractivity contribution is 0.104. The maximum Gasteiger partial charge on any atom is 0.197 e. The molecule has 0 amide bonds. The van der Waals surface area contributed by atoms with Crippen LogP contribution in [-0.4, -0.2) is 5.78 Å². The Morgan fingerprint density at radius 1 is 0.893 bits per heavy atom. The van der Waals surface area contributed by atoms with Crippen LogP contribution in [0.1, 0.15) is 47.8 Å². The predicted molar refractivity (Wildman–Crippen MR) is 115 cm³/mol. The van der Waals surface area contributed by atoms with Crippen molar-refractivity contribution in [3.05, 3.63) is 95.2 Å². The molecule has 0 aliphatic heterocycles. The van der Waals surface area contributed by atoms with Gasteiger partial charge in [-0.3, -0.25) is 4.79 Å². The average Bonchev–Trinajstić information content (AvgIpc) is 3.11. The van der Waals surface area contributed by atoms with Crippen LogP contribution in [0.4, 0.5) is 0 Å². The Bertz CT molecular complexity index is 1140. The molecule has 140 valence electrons. The van der Waals surface area contributed by atoms with Gasteiger partial charge in [0.15, 0.2) is 5.78 Å². The molecule has 0 unspecified atom stereocenters. The van der Waals surface area contributed by atoms with E-state index in [2.05, 4.69) is 33.8 Å². The summed E-state index contributed by atoms with van der Waals surface area (Å²) in [7, 11) is 0. The molecule has 0 saturated heterocycles. The van der Waals surface area contributed by atoms with Gasteiger partial charge < -0.3 is 4.42 Å². The molecule has 4 rings (SSSR count). The van der Waals surface area contributed by atoms with Crippen LogP contribution in [0.2, 0.25) is 0 Å². The van der Waals surface area contributed by atoms with Crippen LogP contribution >= 0.6 is 0 Å². The number of aryl methyl sites for hydroxylation is 1. The summed E-state index contributed by atoms with van der Waals surface area (Å²) in [5.74, 6) is -0.0111. The van der Waals surface area contributed by atoms with Crippen molar-refractivity contribution in [2.75, 3.05) is 0 Å². The zero-order valence-corrected chi connectivity index (χ0v) is 16.7. The molecule has 0 N–H and O–H groups in total. The topological polar surface area (TPSA) is 30.2 Å². The number of fused-ring (bicyclic) bond motifs is 1. The zero-order chi connectivity index (χ0) is 19.9. The van der Waals surface area contributed by atoms with Crippen molar-refractivity contribution < 1.29 is 9.21 Å². The van der Waals surface area contributed by atoms with Crippen LogP contribution in [0.5, 0.6) is 0 Å². The lowest BCUT2D eigenvalue weighted by Crippen LogP contribution is -2.11. The van der Waals surface area contributed by atoms with E-state index in [9.17, 15) is 4.79 Å². The first-order valence-corrected chi connectivity index (χ1v) is 9.58. The van der Waals surface area contributed by atoms with Crippen molar-refractivity contribution >= 4 is 16.8 Å². The van der Waals surface area contributed by atoms with Crippen molar-refractivity contribution in [3.8, 4) is 11.1 Å². The summed E-state index contributed by atoms with van der Waals surface area (Å²) in [6.07, 6.45) is 1.81. The quantitative estimate of drug-likeness (QED) is 0.367. The van der Waals surface area contributed by atoms with Crippen LogP contribution in [-0.2, 0) is 5.41 Å². The molecule has 0 saturated carbocycles. The highest BCUT2D eigenvalue weighted by molar-refractivity contribution is 6.20. The third-order valence-electron chi connectivity index (χ3n) is 5.20. The summed E-state index contributed by atoms with van der Waals surface area (Å²) >= 11 is 0. The number of hydrogen-bond donors (Lipinski definition) is 0. The number of carbonyl (C=O) groups excluding carboxylic acids is 1. The van der Waals surface area contributed by atoms with Crippen LogP contribution in [0.15, 0.2) is 77.4 Å². The third-order valence-corrected chi connectivity index (χ3v) is 5.20. The van der Waals surface area contributed by atoms with E-state index in [0.29, 0.717) is 16.7 Å². The highest BCUT2D eigenvalue weighted by Crippen LogP contribution is 2.40. The molecule has 0 aliphatic carbocycles. The largest absolute Gasteiger partial charge is 0.463 e. The molecule has 0 radical (unpaired) electrons. The Balaban J connectivity index is 2.09. The smallest absolute Gasteiger partial charge is 0.197 e. The van der Waals surface area contributed by atoms with Gasteiger partial charge in [-0.1, -0.05) is 81.4 Å². The normalized spacial score (nSPS) is 11.7. The number of benzene rings is 3. The Labute approximate surface area is 165 Å². The maximum atomic E-state index is 13.6. The van der Waals surface area contributed by atoms with Crippen LogP contribution in [0.3, 0.4) is 0 Å². The Morgan fingerprint density at radius 2 is 1.50 bits per heavy atom. The first-order chi connectivity index (χ1) is 13.4. The molecule has 4 aromatic rings. The molecule has 1 heterocycles. The number of hydrogen-bond acceptors (Lipinski definition) is 2.